The molecule has 1 aromatic heterocycles. The lowest BCUT2D eigenvalue weighted by molar-refractivity contribution is 0.599. The van der Waals surface area contributed by atoms with Crippen LogP contribution in [0.3, 0.4) is 0 Å². The van der Waals surface area contributed by atoms with Crippen LogP contribution in [-0.4, -0.2) is 24.4 Å². The number of hydrogen-bond acceptors (Lipinski definition) is 5. The third-order valence-corrected chi connectivity index (χ3v) is 4.58. The average molecular weight is 320 g/mol. The molecule has 7 heteroatoms. The Hall–Kier alpha value is -2.15. The van der Waals surface area contributed by atoms with Crippen LogP contribution in [0, 0.1) is 6.92 Å². The molecule has 2 N–H and O–H groups in total. The largest absolute Gasteiger partial charge is 0.364 e. The SMILES string of the molecule is CCCS(=O)(=O)Nc1ccc(NCc2ccccc2C)nn1. The van der Waals surface area contributed by atoms with Gasteiger partial charge in [-0.05, 0) is 36.6 Å². The van der Waals surface area contributed by atoms with Crippen LogP contribution in [0.4, 0.5) is 11.6 Å². The first-order chi connectivity index (χ1) is 10.5. The van der Waals surface area contributed by atoms with Gasteiger partial charge < -0.3 is 5.32 Å². The summed E-state index contributed by atoms with van der Waals surface area (Å²) >= 11 is 0. The van der Waals surface area contributed by atoms with Gasteiger partial charge in [0.2, 0.25) is 10.0 Å². The van der Waals surface area contributed by atoms with Gasteiger partial charge in [0.25, 0.3) is 0 Å². The summed E-state index contributed by atoms with van der Waals surface area (Å²) in [5.74, 6) is 0.902. The van der Waals surface area contributed by atoms with Gasteiger partial charge in [-0.25, -0.2) is 8.42 Å². The lowest BCUT2D eigenvalue weighted by atomic mass is 10.1. The Labute approximate surface area is 131 Å². The number of hydrogen-bond donors (Lipinski definition) is 2. The number of rotatable bonds is 7. The lowest BCUT2D eigenvalue weighted by Gasteiger charge is -2.09. The van der Waals surface area contributed by atoms with E-state index < -0.39 is 10.0 Å². The molecule has 0 aliphatic rings. The minimum Gasteiger partial charge on any atom is -0.364 e. The summed E-state index contributed by atoms with van der Waals surface area (Å²) in [6.45, 7) is 4.50. The molecule has 0 radical (unpaired) electrons. The van der Waals surface area contributed by atoms with E-state index in [0.717, 1.165) is 0 Å². The van der Waals surface area contributed by atoms with Gasteiger partial charge in [-0.15, -0.1) is 10.2 Å². The van der Waals surface area contributed by atoms with Gasteiger partial charge in [0.15, 0.2) is 5.82 Å². The van der Waals surface area contributed by atoms with Crippen molar-refractivity contribution in [3.8, 4) is 0 Å². The Balaban J connectivity index is 1.96. The molecular formula is C15H20N4O2S. The van der Waals surface area contributed by atoms with Gasteiger partial charge in [0, 0.05) is 6.54 Å². The highest BCUT2D eigenvalue weighted by Crippen LogP contribution is 2.12. The van der Waals surface area contributed by atoms with Crippen LogP contribution in [0.5, 0.6) is 0 Å². The van der Waals surface area contributed by atoms with E-state index in [1.807, 2.05) is 38.1 Å². The molecule has 22 heavy (non-hydrogen) atoms. The number of nitrogens with one attached hydrogen (secondary N) is 2. The van der Waals surface area contributed by atoms with E-state index in [1.54, 1.807) is 12.1 Å². The average Bonchev–Trinajstić information content (AvgIpc) is 2.47. The van der Waals surface area contributed by atoms with Crippen LogP contribution < -0.4 is 10.0 Å². The summed E-state index contributed by atoms with van der Waals surface area (Å²) < 4.78 is 25.7. The Morgan fingerprint density at radius 1 is 1.05 bits per heavy atom. The molecule has 118 valence electrons. The van der Waals surface area contributed by atoms with E-state index in [0.29, 0.717) is 18.8 Å². The van der Waals surface area contributed by atoms with Crippen LogP contribution in [-0.2, 0) is 16.6 Å². The van der Waals surface area contributed by atoms with Crippen molar-refractivity contribution in [1.82, 2.24) is 10.2 Å². The Morgan fingerprint density at radius 2 is 1.73 bits per heavy atom. The molecule has 0 fully saturated rings. The zero-order chi connectivity index (χ0) is 16.0. The van der Waals surface area contributed by atoms with Crippen LogP contribution in [0.25, 0.3) is 0 Å². The van der Waals surface area contributed by atoms with E-state index in [1.165, 1.54) is 11.1 Å². The first-order valence-electron chi connectivity index (χ1n) is 7.13. The minimum atomic E-state index is -3.33. The molecule has 1 heterocycles. The highest BCUT2D eigenvalue weighted by Gasteiger charge is 2.09. The molecule has 0 saturated heterocycles. The quantitative estimate of drug-likeness (QED) is 0.819. The predicted octanol–water partition coefficient (Wildman–Crippen LogP) is 2.55. The molecule has 0 bridgehead atoms. The van der Waals surface area contributed by atoms with Crippen molar-refractivity contribution in [2.24, 2.45) is 0 Å². The standard InChI is InChI=1S/C15H20N4O2S/c1-3-10-22(20,21)19-15-9-8-14(17-18-15)16-11-13-7-5-4-6-12(13)2/h4-9H,3,10-11H2,1-2H3,(H,16,17)(H,18,19). The number of aryl methyl sites for hydroxylation is 1. The van der Waals surface area contributed by atoms with E-state index >= 15 is 0 Å². The number of anilines is 2. The first-order valence-corrected chi connectivity index (χ1v) is 8.78. The zero-order valence-corrected chi connectivity index (χ0v) is 13.5. The van der Waals surface area contributed by atoms with E-state index in [9.17, 15) is 8.42 Å². The second-order valence-electron chi connectivity index (χ2n) is 5.00. The molecule has 0 saturated carbocycles. The summed E-state index contributed by atoms with van der Waals surface area (Å²) in [7, 11) is -3.33. The monoisotopic (exact) mass is 320 g/mol. The van der Waals surface area contributed by atoms with Crippen molar-refractivity contribution < 1.29 is 8.42 Å². The van der Waals surface area contributed by atoms with Crippen molar-refractivity contribution in [3.63, 3.8) is 0 Å². The molecule has 0 amide bonds. The fraction of sp³-hybridized carbons (Fsp3) is 0.333. The second kappa shape index (κ2) is 7.22. The summed E-state index contributed by atoms with van der Waals surface area (Å²) in [4.78, 5) is 0. The van der Waals surface area contributed by atoms with Crippen LogP contribution >= 0.6 is 0 Å². The molecule has 6 nitrogen and oxygen atoms in total. The van der Waals surface area contributed by atoms with Crippen LogP contribution in [0.2, 0.25) is 0 Å². The summed E-state index contributed by atoms with van der Waals surface area (Å²) in [6.07, 6.45) is 0.554. The number of nitrogens with zero attached hydrogens (tertiary/aromatic N) is 2. The minimum absolute atomic E-state index is 0.0714. The molecule has 0 aliphatic carbocycles. The predicted molar refractivity (Wildman–Crippen MR) is 88.2 cm³/mol. The van der Waals surface area contributed by atoms with Crippen molar-refractivity contribution in [2.75, 3.05) is 15.8 Å². The highest BCUT2D eigenvalue weighted by atomic mass is 32.2. The normalized spacial score (nSPS) is 11.2. The zero-order valence-electron chi connectivity index (χ0n) is 12.7. The van der Waals surface area contributed by atoms with Crippen LogP contribution in [0.15, 0.2) is 36.4 Å². The maximum atomic E-state index is 11.6. The second-order valence-corrected chi connectivity index (χ2v) is 6.85. The molecule has 0 aliphatic heterocycles. The third kappa shape index (κ3) is 4.70. The molecule has 2 rings (SSSR count). The summed E-state index contributed by atoms with van der Waals surface area (Å²) in [6, 6.07) is 11.4. The maximum absolute atomic E-state index is 11.6. The van der Waals surface area contributed by atoms with Gasteiger partial charge in [-0.3, -0.25) is 4.72 Å². The number of benzene rings is 1. The summed E-state index contributed by atoms with van der Waals surface area (Å²) in [5.41, 5.74) is 2.38. The fourth-order valence-corrected chi connectivity index (χ4v) is 3.02. The van der Waals surface area contributed by atoms with Crippen molar-refractivity contribution in [3.05, 3.63) is 47.5 Å². The molecule has 2 aromatic rings. The van der Waals surface area contributed by atoms with Gasteiger partial charge in [0.1, 0.15) is 5.82 Å². The topological polar surface area (TPSA) is 84.0 Å². The smallest absolute Gasteiger partial charge is 0.233 e. The van der Waals surface area contributed by atoms with Crippen molar-refractivity contribution >= 4 is 21.7 Å². The highest BCUT2D eigenvalue weighted by molar-refractivity contribution is 7.92. The molecule has 0 spiro atoms. The summed E-state index contributed by atoms with van der Waals surface area (Å²) in [5, 5.41) is 11.0. The first kappa shape index (κ1) is 16.2. The lowest BCUT2D eigenvalue weighted by Crippen LogP contribution is -2.17. The Bertz CT molecular complexity index is 715. The van der Waals surface area contributed by atoms with E-state index in [-0.39, 0.29) is 11.6 Å². The number of sulfonamides is 1. The van der Waals surface area contributed by atoms with E-state index in [4.69, 9.17) is 0 Å². The number of aromatic nitrogens is 2. The van der Waals surface area contributed by atoms with Crippen molar-refractivity contribution in [1.29, 1.82) is 0 Å². The maximum Gasteiger partial charge on any atom is 0.233 e. The van der Waals surface area contributed by atoms with Gasteiger partial charge in [-0.2, -0.15) is 0 Å². The van der Waals surface area contributed by atoms with E-state index in [2.05, 4.69) is 20.2 Å². The Morgan fingerprint density at radius 3 is 2.36 bits per heavy atom. The van der Waals surface area contributed by atoms with Gasteiger partial charge in [0.05, 0.1) is 5.75 Å². The molecular weight excluding hydrogens is 300 g/mol. The fourth-order valence-electron chi connectivity index (χ4n) is 1.95. The molecule has 0 unspecified atom stereocenters. The third-order valence-electron chi connectivity index (χ3n) is 3.12. The van der Waals surface area contributed by atoms with Crippen LogP contribution in [0.1, 0.15) is 24.5 Å². The van der Waals surface area contributed by atoms with Gasteiger partial charge >= 0.3 is 0 Å². The van der Waals surface area contributed by atoms with Crippen molar-refractivity contribution in [2.45, 2.75) is 26.8 Å². The molecule has 1 aromatic carbocycles. The molecule has 0 atom stereocenters. The Kier molecular flexibility index (Phi) is 5.32. The van der Waals surface area contributed by atoms with Gasteiger partial charge in [-0.1, -0.05) is 31.2 Å².